The SMILES string of the molecule is Nc1cccc(Cl)c1Oc1ccc(Cl)cn1. The van der Waals surface area contributed by atoms with Gasteiger partial charge in [-0.15, -0.1) is 0 Å². The summed E-state index contributed by atoms with van der Waals surface area (Å²) in [6, 6.07) is 8.47. The van der Waals surface area contributed by atoms with E-state index in [9.17, 15) is 0 Å². The monoisotopic (exact) mass is 254 g/mol. The number of anilines is 1. The summed E-state index contributed by atoms with van der Waals surface area (Å²) >= 11 is 11.7. The van der Waals surface area contributed by atoms with Crippen LogP contribution in [0.1, 0.15) is 0 Å². The number of pyridine rings is 1. The maximum atomic E-state index is 5.95. The van der Waals surface area contributed by atoms with Gasteiger partial charge in [-0.2, -0.15) is 0 Å². The molecule has 16 heavy (non-hydrogen) atoms. The van der Waals surface area contributed by atoms with Crippen molar-refractivity contribution in [2.45, 2.75) is 0 Å². The third kappa shape index (κ3) is 2.38. The van der Waals surface area contributed by atoms with Crippen molar-refractivity contribution in [2.24, 2.45) is 0 Å². The van der Waals surface area contributed by atoms with Crippen molar-refractivity contribution in [1.29, 1.82) is 0 Å². The van der Waals surface area contributed by atoms with Crippen LogP contribution in [0.15, 0.2) is 36.5 Å². The average molecular weight is 255 g/mol. The summed E-state index contributed by atoms with van der Waals surface area (Å²) in [7, 11) is 0. The van der Waals surface area contributed by atoms with E-state index in [1.54, 1.807) is 30.3 Å². The molecule has 2 aromatic rings. The Labute approximate surface area is 103 Å². The van der Waals surface area contributed by atoms with Crippen molar-refractivity contribution in [2.75, 3.05) is 5.73 Å². The first kappa shape index (κ1) is 11.0. The molecule has 1 aromatic heterocycles. The van der Waals surface area contributed by atoms with Crippen molar-refractivity contribution in [3.8, 4) is 11.6 Å². The number of benzene rings is 1. The van der Waals surface area contributed by atoms with Crippen LogP contribution in [0.5, 0.6) is 11.6 Å². The highest BCUT2D eigenvalue weighted by atomic mass is 35.5. The van der Waals surface area contributed by atoms with Crippen LogP contribution in [0.25, 0.3) is 0 Å². The van der Waals surface area contributed by atoms with Gasteiger partial charge in [0.2, 0.25) is 5.88 Å². The number of nitrogens with zero attached hydrogens (tertiary/aromatic N) is 1. The van der Waals surface area contributed by atoms with E-state index in [0.717, 1.165) is 0 Å². The molecule has 0 amide bonds. The fraction of sp³-hybridized carbons (Fsp3) is 0. The molecule has 0 fully saturated rings. The Morgan fingerprint density at radius 3 is 2.56 bits per heavy atom. The smallest absolute Gasteiger partial charge is 0.219 e. The summed E-state index contributed by atoms with van der Waals surface area (Å²) in [5.41, 5.74) is 6.20. The normalized spacial score (nSPS) is 10.1. The highest BCUT2D eigenvalue weighted by Gasteiger charge is 2.07. The number of hydrogen-bond donors (Lipinski definition) is 1. The van der Waals surface area contributed by atoms with Crippen molar-refractivity contribution in [3.05, 3.63) is 46.6 Å². The van der Waals surface area contributed by atoms with E-state index < -0.39 is 0 Å². The molecule has 0 atom stereocenters. The predicted molar refractivity (Wildman–Crippen MR) is 65.2 cm³/mol. The Kier molecular flexibility index (Phi) is 3.17. The fourth-order valence-corrected chi connectivity index (χ4v) is 1.49. The molecule has 0 saturated carbocycles. The number of rotatable bonds is 2. The molecule has 0 aliphatic rings. The molecule has 0 spiro atoms. The first-order chi connectivity index (χ1) is 7.66. The number of ether oxygens (including phenoxy) is 1. The maximum absolute atomic E-state index is 5.95. The first-order valence-electron chi connectivity index (χ1n) is 4.50. The van der Waals surface area contributed by atoms with E-state index in [1.165, 1.54) is 6.20 Å². The van der Waals surface area contributed by atoms with Crippen LogP contribution in [0.2, 0.25) is 10.0 Å². The lowest BCUT2D eigenvalue weighted by molar-refractivity contribution is 0.465. The number of aromatic nitrogens is 1. The zero-order valence-corrected chi connectivity index (χ0v) is 9.66. The highest BCUT2D eigenvalue weighted by molar-refractivity contribution is 6.32. The molecule has 1 heterocycles. The molecule has 0 aliphatic carbocycles. The molecule has 0 bridgehead atoms. The molecular formula is C11H8Cl2N2O. The molecule has 0 radical (unpaired) electrons. The van der Waals surface area contributed by atoms with Crippen LogP contribution >= 0.6 is 23.2 Å². The average Bonchev–Trinajstić information content (AvgIpc) is 2.26. The number of para-hydroxylation sites is 1. The fourth-order valence-electron chi connectivity index (χ4n) is 1.16. The lowest BCUT2D eigenvalue weighted by Crippen LogP contribution is -1.93. The van der Waals surface area contributed by atoms with Gasteiger partial charge in [-0.1, -0.05) is 29.3 Å². The maximum Gasteiger partial charge on any atom is 0.219 e. The second-order valence-corrected chi connectivity index (χ2v) is 3.92. The van der Waals surface area contributed by atoms with E-state index in [4.69, 9.17) is 33.7 Å². The van der Waals surface area contributed by atoms with Crippen molar-refractivity contribution < 1.29 is 4.74 Å². The lowest BCUT2D eigenvalue weighted by Gasteiger charge is -2.08. The molecular weight excluding hydrogens is 247 g/mol. The summed E-state index contributed by atoms with van der Waals surface area (Å²) < 4.78 is 5.47. The van der Waals surface area contributed by atoms with Gasteiger partial charge in [-0.3, -0.25) is 0 Å². The van der Waals surface area contributed by atoms with Crippen LogP contribution in [-0.4, -0.2) is 4.98 Å². The molecule has 82 valence electrons. The second kappa shape index (κ2) is 4.60. The third-order valence-corrected chi connectivity index (χ3v) is 2.43. The Morgan fingerprint density at radius 1 is 1.12 bits per heavy atom. The zero-order chi connectivity index (χ0) is 11.5. The van der Waals surface area contributed by atoms with E-state index in [-0.39, 0.29) is 0 Å². The van der Waals surface area contributed by atoms with Crippen molar-refractivity contribution in [1.82, 2.24) is 4.98 Å². The molecule has 5 heteroatoms. The minimum atomic E-state index is 0.393. The highest BCUT2D eigenvalue weighted by Crippen LogP contribution is 2.33. The largest absolute Gasteiger partial charge is 0.435 e. The standard InChI is InChI=1S/C11H8Cl2N2O/c12-7-4-5-10(15-6-7)16-11-8(13)2-1-3-9(11)14/h1-6H,14H2. The summed E-state index contributed by atoms with van der Waals surface area (Å²) in [6.07, 6.45) is 1.49. The minimum absolute atomic E-state index is 0.393. The quantitative estimate of drug-likeness (QED) is 0.831. The van der Waals surface area contributed by atoms with Crippen molar-refractivity contribution in [3.63, 3.8) is 0 Å². The van der Waals surface area contributed by atoms with E-state index in [2.05, 4.69) is 4.98 Å². The molecule has 0 aliphatic heterocycles. The van der Waals surface area contributed by atoms with Crippen LogP contribution in [0, 0.1) is 0 Å². The first-order valence-corrected chi connectivity index (χ1v) is 5.26. The van der Waals surface area contributed by atoms with Gasteiger partial charge in [-0.05, 0) is 18.2 Å². The molecule has 0 saturated heterocycles. The Hall–Kier alpha value is -1.45. The summed E-state index contributed by atoms with van der Waals surface area (Å²) in [5.74, 6) is 0.795. The predicted octanol–water partition coefficient (Wildman–Crippen LogP) is 3.76. The van der Waals surface area contributed by atoms with Gasteiger partial charge >= 0.3 is 0 Å². The van der Waals surface area contributed by atoms with Crippen LogP contribution in [0.4, 0.5) is 5.69 Å². The zero-order valence-electron chi connectivity index (χ0n) is 8.15. The number of nitrogen functional groups attached to an aromatic ring is 1. The second-order valence-electron chi connectivity index (χ2n) is 3.07. The Bertz CT molecular complexity index is 480. The summed E-state index contributed by atoms with van der Waals surface area (Å²) in [4.78, 5) is 3.99. The van der Waals surface area contributed by atoms with Gasteiger partial charge < -0.3 is 10.5 Å². The van der Waals surface area contributed by atoms with Gasteiger partial charge in [0.25, 0.3) is 0 Å². The molecule has 2 N–H and O–H groups in total. The van der Waals surface area contributed by atoms with E-state index in [0.29, 0.717) is 27.4 Å². The van der Waals surface area contributed by atoms with Gasteiger partial charge in [0, 0.05) is 12.3 Å². The third-order valence-electron chi connectivity index (χ3n) is 1.90. The van der Waals surface area contributed by atoms with Gasteiger partial charge in [0.05, 0.1) is 15.7 Å². The topological polar surface area (TPSA) is 48.1 Å². The van der Waals surface area contributed by atoms with E-state index >= 15 is 0 Å². The summed E-state index contributed by atoms with van der Waals surface area (Å²) in [6.45, 7) is 0. The number of hydrogen-bond acceptors (Lipinski definition) is 3. The van der Waals surface area contributed by atoms with Crippen LogP contribution in [-0.2, 0) is 0 Å². The molecule has 1 aromatic carbocycles. The molecule has 2 rings (SSSR count). The minimum Gasteiger partial charge on any atom is -0.435 e. The molecule has 3 nitrogen and oxygen atoms in total. The van der Waals surface area contributed by atoms with E-state index in [1.807, 2.05) is 0 Å². The van der Waals surface area contributed by atoms with Crippen molar-refractivity contribution >= 4 is 28.9 Å². The van der Waals surface area contributed by atoms with Gasteiger partial charge in [-0.25, -0.2) is 4.98 Å². The Balaban J connectivity index is 2.30. The van der Waals surface area contributed by atoms with Crippen LogP contribution in [0.3, 0.4) is 0 Å². The van der Waals surface area contributed by atoms with Gasteiger partial charge in [0.15, 0.2) is 5.75 Å². The lowest BCUT2D eigenvalue weighted by atomic mass is 10.3. The number of nitrogens with two attached hydrogens (primary N) is 1. The summed E-state index contributed by atoms with van der Waals surface area (Å²) in [5, 5.41) is 0.983. The molecule has 0 unspecified atom stereocenters. The van der Waals surface area contributed by atoms with Gasteiger partial charge in [0.1, 0.15) is 0 Å². The number of halogens is 2. The van der Waals surface area contributed by atoms with Crippen LogP contribution < -0.4 is 10.5 Å². The Morgan fingerprint density at radius 2 is 1.94 bits per heavy atom.